The second-order valence-electron chi connectivity index (χ2n) is 3.88. The van der Waals surface area contributed by atoms with Crippen LogP contribution in [0.2, 0.25) is 0 Å². The van der Waals surface area contributed by atoms with Crippen LogP contribution in [-0.4, -0.2) is 21.5 Å². The largest absolute Gasteiger partial charge is 0.370 e. The summed E-state index contributed by atoms with van der Waals surface area (Å²) in [6.45, 7) is 2.87. The van der Waals surface area contributed by atoms with Crippen molar-refractivity contribution in [2.75, 3.05) is 11.9 Å². The maximum atomic E-state index is 4.42. The van der Waals surface area contributed by atoms with E-state index in [4.69, 9.17) is 0 Å². The summed E-state index contributed by atoms with van der Waals surface area (Å²) in [5.74, 6) is 1.70. The van der Waals surface area contributed by atoms with E-state index < -0.39 is 0 Å². The van der Waals surface area contributed by atoms with Crippen LogP contribution in [0.15, 0.2) is 35.2 Å². The Labute approximate surface area is 115 Å². The molecular weight excluding hydrogens is 292 g/mol. The Bertz CT molecular complexity index is 502. The predicted molar refractivity (Wildman–Crippen MR) is 75.5 cm³/mol. The lowest BCUT2D eigenvalue weighted by Crippen LogP contribution is -2.08. The average Bonchev–Trinajstić information content (AvgIpc) is 2.39. The fourth-order valence-corrected chi connectivity index (χ4v) is 2.02. The van der Waals surface area contributed by atoms with Crippen molar-refractivity contribution in [3.8, 4) is 0 Å². The molecule has 2 aromatic heterocycles. The zero-order valence-electron chi connectivity index (χ0n) is 10.2. The quantitative estimate of drug-likeness (QED) is 0.863. The van der Waals surface area contributed by atoms with Crippen molar-refractivity contribution in [3.05, 3.63) is 46.6 Å². The van der Waals surface area contributed by atoms with Crippen molar-refractivity contribution in [1.82, 2.24) is 15.0 Å². The fraction of sp³-hybridized carbons (Fsp3) is 0.308. The van der Waals surface area contributed by atoms with Gasteiger partial charge >= 0.3 is 0 Å². The Morgan fingerprint density at radius 2 is 2.22 bits per heavy atom. The van der Waals surface area contributed by atoms with Gasteiger partial charge in [0.2, 0.25) is 0 Å². The van der Waals surface area contributed by atoms with Crippen LogP contribution in [0.25, 0.3) is 0 Å². The van der Waals surface area contributed by atoms with Crippen molar-refractivity contribution in [2.24, 2.45) is 0 Å². The normalized spacial score (nSPS) is 10.3. The second kappa shape index (κ2) is 6.44. The molecule has 0 aromatic carbocycles. The minimum atomic E-state index is 0.818. The van der Waals surface area contributed by atoms with E-state index in [1.54, 1.807) is 6.20 Å². The van der Waals surface area contributed by atoms with Crippen LogP contribution >= 0.6 is 15.9 Å². The van der Waals surface area contributed by atoms with E-state index in [-0.39, 0.29) is 0 Å². The summed E-state index contributed by atoms with van der Waals surface area (Å²) >= 11 is 3.39. The Hall–Kier alpha value is -1.49. The number of hydrogen-bond acceptors (Lipinski definition) is 4. The topological polar surface area (TPSA) is 50.7 Å². The highest BCUT2D eigenvalue weighted by molar-refractivity contribution is 9.10. The summed E-state index contributed by atoms with van der Waals surface area (Å²) in [6, 6.07) is 5.91. The first-order valence-corrected chi connectivity index (χ1v) is 6.73. The van der Waals surface area contributed by atoms with Crippen molar-refractivity contribution >= 4 is 21.7 Å². The summed E-state index contributed by atoms with van der Waals surface area (Å²) in [4.78, 5) is 12.8. The average molecular weight is 307 g/mol. The number of nitrogens with zero attached hydrogens (tertiary/aromatic N) is 3. The Balaban J connectivity index is 1.92. The van der Waals surface area contributed by atoms with Crippen molar-refractivity contribution in [2.45, 2.75) is 19.8 Å². The molecule has 0 amide bonds. The molecule has 0 saturated carbocycles. The van der Waals surface area contributed by atoms with Crippen LogP contribution in [0, 0.1) is 0 Å². The zero-order chi connectivity index (χ0) is 12.8. The van der Waals surface area contributed by atoms with Gasteiger partial charge in [-0.25, -0.2) is 9.97 Å². The highest BCUT2D eigenvalue weighted by Crippen LogP contribution is 2.12. The third-order valence-corrected chi connectivity index (χ3v) is 2.91. The van der Waals surface area contributed by atoms with Crippen molar-refractivity contribution in [1.29, 1.82) is 0 Å². The van der Waals surface area contributed by atoms with Gasteiger partial charge in [0.05, 0.1) is 0 Å². The number of pyridine rings is 1. The first kappa shape index (κ1) is 13.0. The molecule has 2 rings (SSSR count). The summed E-state index contributed by atoms with van der Waals surface area (Å²) in [5, 5.41) is 3.30. The number of hydrogen-bond donors (Lipinski definition) is 1. The molecule has 5 heteroatoms. The predicted octanol–water partition coefficient (Wildman–Crippen LogP) is 2.85. The maximum absolute atomic E-state index is 4.42. The Morgan fingerprint density at radius 3 is 2.94 bits per heavy atom. The third kappa shape index (κ3) is 3.77. The lowest BCUT2D eigenvalue weighted by molar-refractivity contribution is 0.914. The summed E-state index contributed by atoms with van der Waals surface area (Å²) < 4.78 is 0.818. The first-order chi connectivity index (χ1) is 8.78. The summed E-state index contributed by atoms with van der Waals surface area (Å²) in [5.41, 5.74) is 1.22. The fourth-order valence-electron chi connectivity index (χ4n) is 1.59. The smallest absolute Gasteiger partial charge is 0.131 e. The lowest BCUT2D eigenvalue weighted by Gasteiger charge is -2.07. The van der Waals surface area contributed by atoms with E-state index in [2.05, 4.69) is 42.3 Å². The molecule has 0 aliphatic carbocycles. The molecule has 0 fully saturated rings. The molecule has 0 radical (unpaired) electrons. The van der Waals surface area contributed by atoms with Gasteiger partial charge in [0, 0.05) is 31.4 Å². The minimum Gasteiger partial charge on any atom is -0.370 e. The van der Waals surface area contributed by atoms with E-state index in [0.717, 1.165) is 35.6 Å². The van der Waals surface area contributed by atoms with Gasteiger partial charge < -0.3 is 5.32 Å². The van der Waals surface area contributed by atoms with Crippen LogP contribution in [0.4, 0.5) is 5.82 Å². The number of halogens is 1. The molecule has 0 aliphatic heterocycles. The molecule has 0 unspecified atom stereocenters. The second-order valence-corrected chi connectivity index (χ2v) is 4.70. The van der Waals surface area contributed by atoms with Crippen LogP contribution in [0.1, 0.15) is 18.3 Å². The van der Waals surface area contributed by atoms with Gasteiger partial charge in [0.25, 0.3) is 0 Å². The van der Waals surface area contributed by atoms with Gasteiger partial charge in [0.1, 0.15) is 16.2 Å². The van der Waals surface area contributed by atoms with Crippen LogP contribution in [0.5, 0.6) is 0 Å². The van der Waals surface area contributed by atoms with Gasteiger partial charge in [-0.15, -0.1) is 0 Å². The van der Waals surface area contributed by atoms with Crippen molar-refractivity contribution in [3.63, 3.8) is 0 Å². The van der Waals surface area contributed by atoms with E-state index in [0.29, 0.717) is 0 Å². The van der Waals surface area contributed by atoms with Crippen molar-refractivity contribution < 1.29 is 0 Å². The van der Waals surface area contributed by atoms with Gasteiger partial charge in [-0.2, -0.15) is 0 Å². The number of aryl methyl sites for hydroxylation is 1. The molecule has 1 N–H and O–H groups in total. The molecule has 94 valence electrons. The molecule has 0 saturated heterocycles. The Kier molecular flexibility index (Phi) is 4.64. The number of anilines is 1. The number of aromatic nitrogens is 3. The van der Waals surface area contributed by atoms with Gasteiger partial charge in [0.15, 0.2) is 0 Å². The molecule has 0 spiro atoms. The zero-order valence-corrected chi connectivity index (χ0v) is 11.8. The standard InChI is InChI=1S/C13H15BrN4/c1-2-12-17-11(14)8-13(18-12)16-7-5-10-4-3-6-15-9-10/h3-4,6,8-9H,2,5,7H2,1H3,(H,16,17,18). The van der Waals surface area contributed by atoms with Crippen LogP contribution < -0.4 is 5.32 Å². The lowest BCUT2D eigenvalue weighted by atomic mass is 10.2. The molecule has 0 atom stereocenters. The Morgan fingerprint density at radius 1 is 1.33 bits per heavy atom. The minimum absolute atomic E-state index is 0.818. The highest BCUT2D eigenvalue weighted by Gasteiger charge is 2.01. The maximum Gasteiger partial charge on any atom is 0.131 e. The van der Waals surface area contributed by atoms with Gasteiger partial charge in [-0.3, -0.25) is 4.98 Å². The first-order valence-electron chi connectivity index (χ1n) is 5.94. The van der Waals surface area contributed by atoms with Crippen LogP contribution in [0.3, 0.4) is 0 Å². The van der Waals surface area contributed by atoms with Crippen LogP contribution in [-0.2, 0) is 12.8 Å². The van der Waals surface area contributed by atoms with E-state index >= 15 is 0 Å². The van der Waals surface area contributed by atoms with Gasteiger partial charge in [-0.1, -0.05) is 13.0 Å². The molecule has 2 heterocycles. The summed E-state index contributed by atoms with van der Waals surface area (Å²) in [7, 11) is 0. The van der Waals surface area contributed by atoms with E-state index in [9.17, 15) is 0 Å². The molecule has 0 bridgehead atoms. The molecule has 18 heavy (non-hydrogen) atoms. The molecular formula is C13H15BrN4. The summed E-state index contributed by atoms with van der Waals surface area (Å²) in [6.07, 6.45) is 5.43. The SMILES string of the molecule is CCc1nc(Br)cc(NCCc2cccnc2)n1. The molecule has 2 aromatic rings. The van der Waals surface area contributed by atoms with E-state index in [1.165, 1.54) is 5.56 Å². The third-order valence-electron chi connectivity index (χ3n) is 2.50. The molecule has 4 nitrogen and oxygen atoms in total. The monoisotopic (exact) mass is 306 g/mol. The highest BCUT2D eigenvalue weighted by atomic mass is 79.9. The van der Waals surface area contributed by atoms with E-state index in [1.807, 2.05) is 25.3 Å². The molecule has 0 aliphatic rings. The number of rotatable bonds is 5. The van der Waals surface area contributed by atoms with Gasteiger partial charge in [-0.05, 0) is 34.0 Å². The number of nitrogens with one attached hydrogen (secondary N) is 1.